The van der Waals surface area contributed by atoms with Gasteiger partial charge in [0.1, 0.15) is 6.17 Å². The van der Waals surface area contributed by atoms with E-state index in [1.54, 1.807) is 0 Å². The van der Waals surface area contributed by atoms with Crippen LogP contribution in [0.25, 0.3) is 0 Å². The average Bonchev–Trinajstić information content (AvgIpc) is 2.74. The number of hydrogen-bond acceptors (Lipinski definition) is 3. The Morgan fingerprint density at radius 2 is 1.57 bits per heavy atom. The van der Waals surface area contributed by atoms with Gasteiger partial charge in [-0.05, 0) is 41.8 Å². The number of amides is 1. The Morgan fingerprint density at radius 3 is 2.29 bits per heavy atom. The van der Waals surface area contributed by atoms with E-state index in [2.05, 4.69) is 63.6 Å². The lowest BCUT2D eigenvalue weighted by Gasteiger charge is -2.39. The van der Waals surface area contributed by atoms with Gasteiger partial charge in [0.05, 0.1) is 11.3 Å². The van der Waals surface area contributed by atoms with E-state index in [0.717, 1.165) is 35.5 Å². The number of fused-ring (bicyclic) bond motifs is 1. The van der Waals surface area contributed by atoms with Crippen LogP contribution in [0.3, 0.4) is 0 Å². The summed E-state index contributed by atoms with van der Waals surface area (Å²) in [5.41, 5.74) is 5.24. The number of nitrogens with one attached hydrogen (secondary N) is 1. The molecule has 1 N–H and O–H groups in total. The first kappa shape index (κ1) is 18.1. The summed E-state index contributed by atoms with van der Waals surface area (Å²) in [5.74, 6) is -0.0201. The summed E-state index contributed by atoms with van der Waals surface area (Å²) in [6, 6.07) is 26.7. The summed E-state index contributed by atoms with van der Waals surface area (Å²) in [5, 5.41) is 3.20. The normalized spacial score (nSPS) is 15.7. The van der Waals surface area contributed by atoms with E-state index in [0.29, 0.717) is 0 Å². The molecule has 1 aliphatic heterocycles. The van der Waals surface area contributed by atoms with Gasteiger partial charge in [0.15, 0.2) is 0 Å². The molecule has 3 aromatic rings. The van der Waals surface area contributed by atoms with Crippen LogP contribution in [0, 0.1) is 0 Å². The highest BCUT2D eigenvalue weighted by Crippen LogP contribution is 2.33. The minimum absolute atomic E-state index is 0.0201. The zero-order chi connectivity index (χ0) is 19.5. The van der Waals surface area contributed by atoms with Crippen molar-refractivity contribution in [1.29, 1.82) is 0 Å². The lowest BCUT2D eigenvalue weighted by molar-refractivity contribution is 0.0926. The Labute approximate surface area is 166 Å². The number of rotatable bonds is 5. The van der Waals surface area contributed by atoms with Crippen molar-refractivity contribution in [1.82, 2.24) is 5.32 Å². The second-order valence-electron chi connectivity index (χ2n) is 7.31. The molecule has 0 saturated heterocycles. The number of para-hydroxylation sites is 1. The fourth-order valence-electron chi connectivity index (χ4n) is 3.70. The van der Waals surface area contributed by atoms with Crippen molar-refractivity contribution in [3.63, 3.8) is 0 Å². The van der Waals surface area contributed by atoms with Crippen LogP contribution in [0.1, 0.15) is 27.7 Å². The van der Waals surface area contributed by atoms with Crippen molar-refractivity contribution in [2.75, 3.05) is 30.4 Å². The maximum atomic E-state index is 12.7. The number of nitrogens with zero attached hydrogens (tertiary/aromatic N) is 2. The second kappa shape index (κ2) is 7.77. The van der Waals surface area contributed by atoms with Crippen molar-refractivity contribution in [2.45, 2.75) is 12.6 Å². The fourth-order valence-corrected chi connectivity index (χ4v) is 3.70. The molecule has 0 fully saturated rings. The molecule has 1 atom stereocenters. The van der Waals surface area contributed by atoms with Gasteiger partial charge in [-0.15, -0.1) is 0 Å². The first-order chi connectivity index (χ1) is 13.6. The molecule has 142 valence electrons. The summed E-state index contributed by atoms with van der Waals surface area (Å²) in [6.07, 6.45) is 0.736. The molecule has 4 nitrogen and oxygen atoms in total. The van der Waals surface area contributed by atoms with E-state index < -0.39 is 0 Å². The zero-order valence-corrected chi connectivity index (χ0v) is 16.3. The van der Waals surface area contributed by atoms with Crippen LogP contribution in [0.5, 0.6) is 0 Å². The highest BCUT2D eigenvalue weighted by molar-refractivity contribution is 6.02. The van der Waals surface area contributed by atoms with Crippen LogP contribution < -0.4 is 15.1 Å². The van der Waals surface area contributed by atoms with E-state index in [9.17, 15) is 4.79 Å². The largest absolute Gasteiger partial charge is 0.378 e. The Morgan fingerprint density at radius 1 is 0.893 bits per heavy atom. The predicted molar refractivity (Wildman–Crippen MR) is 115 cm³/mol. The first-order valence-electron chi connectivity index (χ1n) is 9.61. The van der Waals surface area contributed by atoms with Crippen LogP contribution in [-0.4, -0.2) is 26.5 Å². The Hall–Kier alpha value is -3.27. The minimum atomic E-state index is -0.178. The van der Waals surface area contributed by atoms with E-state index >= 15 is 0 Å². The van der Waals surface area contributed by atoms with Gasteiger partial charge in [-0.25, -0.2) is 0 Å². The van der Waals surface area contributed by atoms with Gasteiger partial charge >= 0.3 is 0 Å². The third-order valence-electron chi connectivity index (χ3n) is 5.25. The van der Waals surface area contributed by atoms with Crippen molar-refractivity contribution in [2.24, 2.45) is 0 Å². The lowest BCUT2D eigenvalue weighted by Crippen LogP contribution is -2.47. The van der Waals surface area contributed by atoms with E-state index in [-0.39, 0.29) is 12.1 Å². The molecule has 1 aliphatic rings. The van der Waals surface area contributed by atoms with Gasteiger partial charge in [0.2, 0.25) is 0 Å². The number of carbonyl (C=O) groups excluding carboxylic acids is 1. The molecular weight excluding hydrogens is 346 g/mol. The molecule has 1 amide bonds. The molecule has 0 saturated carbocycles. The van der Waals surface area contributed by atoms with Crippen LogP contribution in [0.2, 0.25) is 0 Å². The summed E-state index contributed by atoms with van der Waals surface area (Å²) in [4.78, 5) is 17.1. The molecule has 0 aromatic heterocycles. The molecule has 0 aliphatic carbocycles. The third kappa shape index (κ3) is 3.58. The number of hydrogen-bond donors (Lipinski definition) is 1. The van der Waals surface area contributed by atoms with E-state index in [1.165, 1.54) is 5.56 Å². The van der Waals surface area contributed by atoms with Crippen LogP contribution in [0.4, 0.5) is 11.4 Å². The Bertz CT molecular complexity index is 951. The zero-order valence-electron chi connectivity index (χ0n) is 16.3. The van der Waals surface area contributed by atoms with Crippen LogP contribution >= 0.6 is 0 Å². The molecule has 0 radical (unpaired) electrons. The molecule has 0 spiro atoms. The van der Waals surface area contributed by atoms with Gasteiger partial charge in [-0.1, -0.05) is 54.6 Å². The smallest absolute Gasteiger partial charge is 0.255 e. The van der Waals surface area contributed by atoms with Crippen molar-refractivity contribution < 1.29 is 4.79 Å². The number of carbonyl (C=O) groups is 1. The highest BCUT2D eigenvalue weighted by Gasteiger charge is 2.31. The van der Waals surface area contributed by atoms with Crippen molar-refractivity contribution >= 4 is 17.3 Å². The topological polar surface area (TPSA) is 35.6 Å². The molecule has 4 heteroatoms. The highest BCUT2D eigenvalue weighted by atomic mass is 16.2. The Kier molecular flexibility index (Phi) is 5.02. The fraction of sp³-hybridized carbons (Fsp3) is 0.208. The van der Waals surface area contributed by atoms with Gasteiger partial charge in [0.25, 0.3) is 5.91 Å². The first-order valence-corrected chi connectivity index (χ1v) is 9.61. The van der Waals surface area contributed by atoms with E-state index in [1.807, 2.05) is 44.4 Å². The average molecular weight is 371 g/mol. The lowest BCUT2D eigenvalue weighted by atomic mass is 10.0. The van der Waals surface area contributed by atoms with Gasteiger partial charge in [-0.2, -0.15) is 0 Å². The molecule has 28 heavy (non-hydrogen) atoms. The van der Waals surface area contributed by atoms with Gasteiger partial charge in [0, 0.05) is 26.3 Å². The van der Waals surface area contributed by atoms with Crippen molar-refractivity contribution in [3.05, 3.63) is 95.6 Å². The van der Waals surface area contributed by atoms with Crippen molar-refractivity contribution in [3.8, 4) is 0 Å². The standard InChI is InChI=1S/C24H25N3O/c1-26(2)20-14-12-19(13-15-20)23-25-24(28)21-10-6-7-11-22(21)27(23)17-16-18-8-4-3-5-9-18/h3-15,23H,16-17H2,1-2H3,(H,25,28). The second-order valence-corrected chi connectivity index (χ2v) is 7.31. The molecule has 1 heterocycles. The summed E-state index contributed by atoms with van der Waals surface area (Å²) in [7, 11) is 4.06. The van der Waals surface area contributed by atoms with Gasteiger partial charge in [-0.3, -0.25) is 4.79 Å². The van der Waals surface area contributed by atoms with E-state index in [4.69, 9.17) is 0 Å². The third-order valence-corrected chi connectivity index (χ3v) is 5.25. The molecule has 1 unspecified atom stereocenters. The molecule has 4 rings (SSSR count). The summed E-state index contributed by atoms with van der Waals surface area (Å²) in [6.45, 7) is 0.821. The number of benzene rings is 3. The maximum Gasteiger partial charge on any atom is 0.255 e. The summed E-state index contributed by atoms with van der Waals surface area (Å²) >= 11 is 0. The molecule has 0 bridgehead atoms. The number of anilines is 2. The maximum absolute atomic E-state index is 12.7. The minimum Gasteiger partial charge on any atom is -0.378 e. The SMILES string of the molecule is CN(C)c1ccc(C2NC(=O)c3ccccc3N2CCc2ccccc2)cc1. The Balaban J connectivity index is 1.67. The van der Waals surface area contributed by atoms with Crippen LogP contribution in [0.15, 0.2) is 78.9 Å². The summed E-state index contributed by atoms with van der Waals surface area (Å²) < 4.78 is 0. The van der Waals surface area contributed by atoms with Crippen LogP contribution in [-0.2, 0) is 6.42 Å². The monoisotopic (exact) mass is 371 g/mol. The van der Waals surface area contributed by atoms with Gasteiger partial charge < -0.3 is 15.1 Å². The predicted octanol–water partition coefficient (Wildman–Crippen LogP) is 4.24. The molecule has 3 aromatic carbocycles. The quantitative estimate of drug-likeness (QED) is 0.728. The molecular formula is C24H25N3O.